The minimum absolute atomic E-state index is 0.0628. The molecule has 0 radical (unpaired) electrons. The SMILES string of the molecule is Cc1cnc(NC(=O)c2coc([C@@H](CC(C)C)NC(=O)C3CCCCC3)n2)s1. The van der Waals surface area contributed by atoms with Crippen molar-refractivity contribution in [2.24, 2.45) is 11.8 Å². The Balaban J connectivity index is 1.68. The fourth-order valence-corrected chi connectivity index (χ4v) is 4.13. The van der Waals surface area contributed by atoms with Gasteiger partial charge in [0.1, 0.15) is 12.3 Å². The van der Waals surface area contributed by atoms with Gasteiger partial charge >= 0.3 is 0 Å². The van der Waals surface area contributed by atoms with Gasteiger partial charge in [0.05, 0.1) is 0 Å². The topological polar surface area (TPSA) is 97.1 Å². The summed E-state index contributed by atoms with van der Waals surface area (Å²) in [4.78, 5) is 34.6. The van der Waals surface area contributed by atoms with Crippen LogP contribution in [0.15, 0.2) is 16.9 Å². The van der Waals surface area contributed by atoms with E-state index < -0.39 is 0 Å². The van der Waals surface area contributed by atoms with Gasteiger partial charge in [0.15, 0.2) is 10.8 Å². The first kappa shape index (κ1) is 20.5. The molecule has 8 heteroatoms. The average molecular weight is 405 g/mol. The Bertz CT molecular complexity index is 808. The fourth-order valence-electron chi connectivity index (χ4n) is 3.47. The van der Waals surface area contributed by atoms with Crippen LogP contribution in [0, 0.1) is 18.8 Å². The number of aromatic nitrogens is 2. The molecule has 2 aromatic heterocycles. The number of rotatable bonds is 7. The van der Waals surface area contributed by atoms with E-state index in [2.05, 4.69) is 34.4 Å². The number of nitrogens with one attached hydrogen (secondary N) is 2. The van der Waals surface area contributed by atoms with Crippen molar-refractivity contribution in [3.63, 3.8) is 0 Å². The van der Waals surface area contributed by atoms with Crippen LogP contribution in [0.2, 0.25) is 0 Å². The Hall–Kier alpha value is -2.22. The molecule has 2 N–H and O–H groups in total. The summed E-state index contributed by atoms with van der Waals surface area (Å²) in [5.74, 6) is 0.478. The molecule has 1 aliphatic rings. The van der Waals surface area contributed by atoms with Crippen molar-refractivity contribution in [3.05, 3.63) is 28.9 Å². The lowest BCUT2D eigenvalue weighted by Crippen LogP contribution is -2.35. The zero-order valence-corrected chi connectivity index (χ0v) is 17.5. The third-order valence-electron chi connectivity index (χ3n) is 4.89. The van der Waals surface area contributed by atoms with Crippen molar-refractivity contribution in [1.29, 1.82) is 0 Å². The van der Waals surface area contributed by atoms with E-state index in [1.165, 1.54) is 24.0 Å². The van der Waals surface area contributed by atoms with Crippen molar-refractivity contribution < 1.29 is 14.0 Å². The van der Waals surface area contributed by atoms with E-state index in [1.54, 1.807) is 6.20 Å². The number of carbonyl (C=O) groups excluding carboxylic acids is 2. The molecule has 1 atom stereocenters. The van der Waals surface area contributed by atoms with Gasteiger partial charge in [-0.1, -0.05) is 33.1 Å². The Kier molecular flexibility index (Phi) is 6.83. The maximum atomic E-state index is 12.7. The van der Waals surface area contributed by atoms with E-state index in [0.717, 1.165) is 30.6 Å². The first-order chi connectivity index (χ1) is 13.4. The molecule has 2 amide bonds. The third-order valence-corrected chi connectivity index (χ3v) is 5.72. The lowest BCUT2D eigenvalue weighted by Gasteiger charge is -2.24. The Morgan fingerprint density at radius 1 is 1.29 bits per heavy atom. The summed E-state index contributed by atoms with van der Waals surface area (Å²) in [7, 11) is 0. The summed E-state index contributed by atoms with van der Waals surface area (Å²) in [5, 5.41) is 6.35. The summed E-state index contributed by atoms with van der Waals surface area (Å²) < 4.78 is 5.58. The number of oxazole rings is 1. The standard InChI is InChI=1S/C20H28N4O3S/c1-12(2)9-15(22-17(25)14-7-5-4-6-8-14)19-23-16(11-27-19)18(26)24-20-21-10-13(3)28-20/h10-12,14-15H,4-9H2,1-3H3,(H,22,25)(H,21,24,26)/t15-/m1/s1. The fraction of sp³-hybridized carbons (Fsp3) is 0.600. The number of hydrogen-bond acceptors (Lipinski definition) is 6. The minimum Gasteiger partial charge on any atom is -0.446 e. The summed E-state index contributed by atoms with van der Waals surface area (Å²) >= 11 is 1.40. The van der Waals surface area contributed by atoms with E-state index >= 15 is 0 Å². The molecule has 0 aromatic carbocycles. The van der Waals surface area contributed by atoms with Crippen molar-refractivity contribution in [1.82, 2.24) is 15.3 Å². The van der Waals surface area contributed by atoms with Crippen LogP contribution < -0.4 is 10.6 Å². The predicted molar refractivity (Wildman–Crippen MR) is 108 cm³/mol. The normalized spacial score (nSPS) is 16.1. The minimum atomic E-state index is -0.369. The molecular weight excluding hydrogens is 376 g/mol. The molecule has 152 valence electrons. The lowest BCUT2D eigenvalue weighted by molar-refractivity contribution is -0.127. The number of thiazole rings is 1. The molecule has 28 heavy (non-hydrogen) atoms. The second-order valence-corrected chi connectivity index (χ2v) is 9.06. The highest BCUT2D eigenvalue weighted by Crippen LogP contribution is 2.27. The van der Waals surface area contributed by atoms with Crippen LogP contribution in [0.4, 0.5) is 5.13 Å². The number of anilines is 1. The van der Waals surface area contributed by atoms with Crippen LogP contribution >= 0.6 is 11.3 Å². The van der Waals surface area contributed by atoms with E-state index in [1.807, 2.05) is 6.92 Å². The van der Waals surface area contributed by atoms with E-state index in [4.69, 9.17) is 4.42 Å². The molecule has 0 spiro atoms. The van der Waals surface area contributed by atoms with Crippen LogP contribution in [0.25, 0.3) is 0 Å². The summed E-state index contributed by atoms with van der Waals surface area (Å²) in [6.45, 7) is 6.09. The van der Waals surface area contributed by atoms with Crippen LogP contribution in [-0.2, 0) is 4.79 Å². The second-order valence-electron chi connectivity index (χ2n) is 7.83. The summed E-state index contributed by atoms with van der Waals surface area (Å²) in [6, 6.07) is -0.335. The highest BCUT2D eigenvalue weighted by atomic mass is 32.1. The van der Waals surface area contributed by atoms with E-state index in [-0.39, 0.29) is 29.5 Å². The van der Waals surface area contributed by atoms with Crippen LogP contribution in [0.3, 0.4) is 0 Å². The number of aryl methyl sites for hydroxylation is 1. The van der Waals surface area contributed by atoms with Gasteiger partial charge < -0.3 is 9.73 Å². The van der Waals surface area contributed by atoms with Gasteiger partial charge in [-0.15, -0.1) is 11.3 Å². The maximum absolute atomic E-state index is 12.7. The zero-order chi connectivity index (χ0) is 20.1. The number of carbonyl (C=O) groups is 2. The molecule has 0 unspecified atom stereocenters. The van der Waals surface area contributed by atoms with Crippen molar-refractivity contribution >= 4 is 28.3 Å². The highest BCUT2D eigenvalue weighted by Gasteiger charge is 2.27. The first-order valence-electron chi connectivity index (χ1n) is 9.92. The van der Waals surface area contributed by atoms with E-state index in [0.29, 0.717) is 23.4 Å². The Morgan fingerprint density at radius 3 is 2.68 bits per heavy atom. The molecule has 1 aliphatic carbocycles. The molecule has 0 bridgehead atoms. The highest BCUT2D eigenvalue weighted by molar-refractivity contribution is 7.15. The Morgan fingerprint density at radius 2 is 2.04 bits per heavy atom. The molecule has 2 heterocycles. The second kappa shape index (κ2) is 9.32. The van der Waals surface area contributed by atoms with Crippen molar-refractivity contribution in [2.45, 2.75) is 65.3 Å². The Labute approximate surface area is 169 Å². The van der Waals surface area contributed by atoms with Crippen molar-refractivity contribution in [3.8, 4) is 0 Å². The van der Waals surface area contributed by atoms with Gasteiger partial charge in [0.25, 0.3) is 5.91 Å². The van der Waals surface area contributed by atoms with Gasteiger partial charge in [-0.2, -0.15) is 0 Å². The third kappa shape index (κ3) is 5.41. The number of nitrogens with zero attached hydrogens (tertiary/aromatic N) is 2. The van der Waals surface area contributed by atoms with Crippen molar-refractivity contribution in [2.75, 3.05) is 5.32 Å². The molecule has 0 aliphatic heterocycles. The first-order valence-corrected chi connectivity index (χ1v) is 10.7. The summed E-state index contributed by atoms with van der Waals surface area (Å²) in [6.07, 6.45) is 9.03. The van der Waals surface area contributed by atoms with Gasteiger partial charge in [-0.05, 0) is 32.1 Å². The molecule has 0 saturated heterocycles. The van der Waals surface area contributed by atoms with Gasteiger partial charge in [0, 0.05) is 17.0 Å². The molecular formula is C20H28N4O3S. The monoisotopic (exact) mass is 404 g/mol. The molecule has 7 nitrogen and oxygen atoms in total. The predicted octanol–water partition coefficient (Wildman–Crippen LogP) is 4.48. The molecule has 1 fully saturated rings. The molecule has 1 saturated carbocycles. The van der Waals surface area contributed by atoms with Gasteiger partial charge in [-0.25, -0.2) is 9.97 Å². The molecule has 2 aromatic rings. The summed E-state index contributed by atoms with van der Waals surface area (Å²) in [5.41, 5.74) is 0.184. The maximum Gasteiger partial charge on any atom is 0.279 e. The zero-order valence-electron chi connectivity index (χ0n) is 16.7. The van der Waals surface area contributed by atoms with Gasteiger partial charge in [-0.3, -0.25) is 14.9 Å². The van der Waals surface area contributed by atoms with Gasteiger partial charge in [0.2, 0.25) is 11.8 Å². The number of amides is 2. The smallest absolute Gasteiger partial charge is 0.279 e. The lowest BCUT2D eigenvalue weighted by atomic mass is 9.88. The van der Waals surface area contributed by atoms with Crippen LogP contribution in [0.5, 0.6) is 0 Å². The van der Waals surface area contributed by atoms with Crippen LogP contribution in [-0.4, -0.2) is 21.8 Å². The number of hydrogen-bond donors (Lipinski definition) is 2. The van der Waals surface area contributed by atoms with Crippen LogP contribution in [0.1, 0.15) is 79.7 Å². The molecule has 3 rings (SSSR count). The quantitative estimate of drug-likeness (QED) is 0.709. The average Bonchev–Trinajstić information content (AvgIpc) is 3.31. The largest absolute Gasteiger partial charge is 0.446 e. The van der Waals surface area contributed by atoms with E-state index in [9.17, 15) is 9.59 Å².